The predicted octanol–water partition coefficient (Wildman–Crippen LogP) is 5.46. The Morgan fingerprint density at radius 1 is 1.07 bits per heavy atom. The molecule has 1 N–H and O–H groups in total. The maximum Gasteiger partial charge on any atom is 0.253 e. The lowest BCUT2D eigenvalue weighted by Crippen LogP contribution is -2.59. The molecule has 3 saturated heterocycles. The summed E-state index contributed by atoms with van der Waals surface area (Å²) in [6.45, 7) is 20.0. The zero-order valence-corrected chi connectivity index (χ0v) is 28.1. The van der Waals surface area contributed by atoms with Crippen LogP contribution in [0.3, 0.4) is 0 Å². The molecule has 46 heavy (non-hydrogen) atoms. The van der Waals surface area contributed by atoms with Gasteiger partial charge in [0.25, 0.3) is 5.91 Å². The van der Waals surface area contributed by atoms with Gasteiger partial charge >= 0.3 is 0 Å². The van der Waals surface area contributed by atoms with Gasteiger partial charge in [-0.25, -0.2) is 0 Å². The number of rotatable bonds is 12. The first-order chi connectivity index (χ1) is 21.9. The van der Waals surface area contributed by atoms with Crippen LogP contribution in [0.1, 0.15) is 51.7 Å². The predicted molar refractivity (Wildman–Crippen MR) is 181 cm³/mol. The minimum atomic E-state index is -1.25. The zero-order valence-electron chi connectivity index (χ0n) is 28.1. The number of aliphatic hydroxyl groups is 1. The molecule has 246 valence electrons. The molecule has 0 aromatic heterocycles. The van der Waals surface area contributed by atoms with Gasteiger partial charge in [-0.3, -0.25) is 14.4 Å². The Kier molecular flexibility index (Phi) is 9.35. The fraction of sp³-hybridized carbons (Fsp3) is 0.500. The van der Waals surface area contributed by atoms with Crippen molar-refractivity contribution in [2.45, 2.75) is 77.7 Å². The fourth-order valence-corrected chi connectivity index (χ4v) is 8.37. The number of nitrogens with zero attached hydrogens (tertiary/aromatic N) is 3. The van der Waals surface area contributed by atoms with Crippen molar-refractivity contribution in [3.05, 3.63) is 85.0 Å². The van der Waals surface area contributed by atoms with E-state index in [4.69, 9.17) is 4.74 Å². The lowest BCUT2D eigenvalue weighted by Gasteiger charge is -2.40. The number of benzene rings is 2. The number of fused-ring (bicyclic) bond motifs is 1. The highest BCUT2D eigenvalue weighted by Crippen LogP contribution is 2.66. The quantitative estimate of drug-likeness (QED) is 0.316. The van der Waals surface area contributed by atoms with Gasteiger partial charge in [-0.15, -0.1) is 13.2 Å². The molecule has 3 amide bonds. The van der Waals surface area contributed by atoms with Crippen molar-refractivity contribution < 1.29 is 24.2 Å². The first-order valence-corrected chi connectivity index (χ1v) is 16.5. The smallest absolute Gasteiger partial charge is 0.253 e. The highest BCUT2D eigenvalue weighted by Gasteiger charge is 2.80. The second kappa shape index (κ2) is 12.8. The van der Waals surface area contributed by atoms with E-state index in [1.54, 1.807) is 26.9 Å². The molecule has 5 rings (SSSR count). The van der Waals surface area contributed by atoms with Crippen molar-refractivity contribution >= 4 is 29.1 Å². The van der Waals surface area contributed by atoms with Crippen molar-refractivity contribution in [1.29, 1.82) is 0 Å². The lowest BCUT2D eigenvalue weighted by molar-refractivity contribution is -0.149. The lowest BCUT2D eigenvalue weighted by atomic mass is 9.62. The van der Waals surface area contributed by atoms with Gasteiger partial charge in [0.1, 0.15) is 11.6 Å². The van der Waals surface area contributed by atoms with Crippen molar-refractivity contribution in [1.82, 2.24) is 4.90 Å². The van der Waals surface area contributed by atoms with Crippen molar-refractivity contribution in [2.24, 2.45) is 23.7 Å². The van der Waals surface area contributed by atoms with Gasteiger partial charge in [-0.1, -0.05) is 63.3 Å². The molecule has 2 bridgehead atoms. The molecule has 0 radical (unpaired) electrons. The molecule has 0 saturated carbocycles. The highest BCUT2D eigenvalue weighted by molar-refractivity contribution is 6.07. The molecule has 1 spiro atoms. The van der Waals surface area contributed by atoms with Gasteiger partial charge in [0.05, 0.1) is 30.1 Å². The van der Waals surface area contributed by atoms with Crippen LogP contribution in [-0.4, -0.2) is 70.7 Å². The van der Waals surface area contributed by atoms with Crippen LogP contribution in [0.15, 0.2) is 73.8 Å². The topological polar surface area (TPSA) is 90.4 Å². The normalized spacial score (nSPS) is 28.7. The van der Waals surface area contributed by atoms with Gasteiger partial charge in [0, 0.05) is 24.5 Å². The molecule has 3 unspecified atom stereocenters. The summed E-state index contributed by atoms with van der Waals surface area (Å²) < 4.78 is 7.04. The van der Waals surface area contributed by atoms with Crippen LogP contribution < -0.4 is 9.80 Å². The Morgan fingerprint density at radius 3 is 2.33 bits per heavy atom. The standard InChI is InChI=1S/C38H49N3O5/c1-9-18-39(28-14-12-11-13-15-28)34(43)31-32-35(44)41(29(23-42)20-24(3)4)33(38(32)22-27(7)37(31,8)46-38)36(45)40(19-10-2)30-21-25(5)16-17-26(30)6/h9-17,21,24,27,29,31-33,42H,1-2,18-20,22-23H2,3-8H3/t27?,29-,31-,32+,33?,37+,38?/m1/s1. The second-order valence-corrected chi connectivity index (χ2v) is 14.0. The summed E-state index contributed by atoms with van der Waals surface area (Å²) in [4.78, 5) is 49.8. The maximum atomic E-state index is 15.1. The van der Waals surface area contributed by atoms with Crippen LogP contribution in [0, 0.1) is 37.5 Å². The average molecular weight is 628 g/mol. The number of amides is 3. The molecule has 3 fully saturated rings. The molecule has 2 aromatic carbocycles. The van der Waals surface area contributed by atoms with E-state index in [1.165, 1.54) is 0 Å². The van der Waals surface area contributed by atoms with E-state index in [-0.39, 0.29) is 49.3 Å². The summed E-state index contributed by atoms with van der Waals surface area (Å²) in [6, 6.07) is 13.7. The molecular formula is C38H49N3O5. The van der Waals surface area contributed by atoms with Gasteiger partial charge in [0.15, 0.2) is 0 Å². The number of likely N-dealkylation sites (tertiary alicyclic amines) is 1. The minimum Gasteiger partial charge on any atom is -0.394 e. The summed E-state index contributed by atoms with van der Waals surface area (Å²) in [6.07, 6.45) is 4.30. The fourth-order valence-electron chi connectivity index (χ4n) is 8.37. The van der Waals surface area contributed by atoms with Crippen LogP contribution in [0.25, 0.3) is 0 Å². The summed E-state index contributed by atoms with van der Waals surface area (Å²) in [5.74, 6) is -2.52. The van der Waals surface area contributed by atoms with Gasteiger partial charge < -0.3 is 24.5 Å². The maximum absolute atomic E-state index is 15.1. The zero-order chi connectivity index (χ0) is 33.6. The van der Waals surface area contributed by atoms with Crippen LogP contribution in [0.5, 0.6) is 0 Å². The van der Waals surface area contributed by atoms with Gasteiger partial charge in [-0.2, -0.15) is 0 Å². The van der Waals surface area contributed by atoms with E-state index >= 15 is 4.79 Å². The number of aryl methyl sites for hydroxylation is 2. The van der Waals surface area contributed by atoms with E-state index in [0.717, 1.165) is 16.8 Å². The Labute approximate surface area is 273 Å². The third-order valence-corrected chi connectivity index (χ3v) is 10.5. The number of carbonyl (C=O) groups excluding carboxylic acids is 3. The number of anilines is 2. The van der Waals surface area contributed by atoms with Gasteiger partial charge in [0.2, 0.25) is 11.8 Å². The SMILES string of the molecule is C=CCN(C(=O)[C@H]1[C@H]2C(=O)N([C@@H](CO)CC(C)C)C(C(=O)N(CC=C)c3cc(C)ccc3C)C23CC(C)[C@]1(C)O3)c1ccccc1. The largest absolute Gasteiger partial charge is 0.394 e. The van der Waals surface area contributed by atoms with Gasteiger partial charge in [-0.05, 0) is 74.8 Å². The van der Waals surface area contributed by atoms with Crippen molar-refractivity contribution in [3.8, 4) is 0 Å². The van der Waals surface area contributed by atoms with Crippen LogP contribution in [-0.2, 0) is 19.1 Å². The number of ether oxygens (including phenoxy) is 1. The number of hydrogen-bond donors (Lipinski definition) is 1. The Morgan fingerprint density at radius 2 is 1.72 bits per heavy atom. The van der Waals surface area contributed by atoms with E-state index in [9.17, 15) is 14.7 Å². The van der Waals surface area contributed by atoms with Crippen LogP contribution in [0.4, 0.5) is 11.4 Å². The van der Waals surface area contributed by atoms with E-state index in [2.05, 4.69) is 13.2 Å². The molecule has 0 aliphatic carbocycles. The van der Waals surface area contributed by atoms with Crippen molar-refractivity contribution in [3.63, 3.8) is 0 Å². The third-order valence-electron chi connectivity index (χ3n) is 10.5. The molecular weight excluding hydrogens is 578 g/mol. The second-order valence-electron chi connectivity index (χ2n) is 14.0. The van der Waals surface area contributed by atoms with E-state index < -0.39 is 35.1 Å². The van der Waals surface area contributed by atoms with E-state index in [0.29, 0.717) is 18.5 Å². The third kappa shape index (κ3) is 5.29. The average Bonchev–Trinajstić information content (AvgIpc) is 3.54. The molecule has 2 aromatic rings. The molecule has 3 aliphatic heterocycles. The Bertz CT molecular complexity index is 1510. The molecule has 7 atom stereocenters. The van der Waals surface area contributed by atoms with Crippen LogP contribution in [0.2, 0.25) is 0 Å². The van der Waals surface area contributed by atoms with E-state index in [1.807, 2.05) is 90.1 Å². The summed E-state index contributed by atoms with van der Waals surface area (Å²) in [7, 11) is 0. The number of carbonyl (C=O) groups is 3. The molecule has 8 heteroatoms. The summed E-state index contributed by atoms with van der Waals surface area (Å²) in [5.41, 5.74) is 1.13. The Hall–Kier alpha value is -3.75. The molecule has 3 heterocycles. The summed E-state index contributed by atoms with van der Waals surface area (Å²) in [5, 5.41) is 10.7. The summed E-state index contributed by atoms with van der Waals surface area (Å²) >= 11 is 0. The minimum absolute atomic E-state index is 0.117. The monoisotopic (exact) mass is 627 g/mol. The number of hydrogen-bond acceptors (Lipinski definition) is 5. The Balaban J connectivity index is 1.69. The number of aliphatic hydroxyl groups excluding tert-OH is 1. The van der Waals surface area contributed by atoms with Crippen molar-refractivity contribution in [2.75, 3.05) is 29.5 Å². The first kappa shape index (κ1) is 33.6. The molecule has 8 nitrogen and oxygen atoms in total. The van der Waals surface area contributed by atoms with Crippen LogP contribution >= 0.6 is 0 Å². The first-order valence-electron chi connectivity index (χ1n) is 16.5. The highest BCUT2D eigenvalue weighted by atomic mass is 16.5. The number of para-hydroxylation sites is 1. The molecule has 3 aliphatic rings.